The van der Waals surface area contributed by atoms with Crippen LogP contribution in [0.2, 0.25) is 0 Å². The Labute approximate surface area is 148 Å². The predicted molar refractivity (Wildman–Crippen MR) is 93.6 cm³/mol. The number of rotatable bonds is 8. The molecular weight excluding hydrogens is 320 g/mol. The molecule has 2 aliphatic heterocycles. The van der Waals surface area contributed by atoms with Gasteiger partial charge in [0.2, 0.25) is 5.91 Å². The topological polar surface area (TPSA) is 70.1 Å². The van der Waals surface area contributed by atoms with Crippen LogP contribution in [0.15, 0.2) is 24.3 Å². The number of hydrogen-bond acceptors (Lipinski definition) is 4. The number of carbonyl (C=O) groups is 2. The van der Waals surface area contributed by atoms with E-state index in [0.717, 1.165) is 24.3 Å². The molecule has 0 saturated carbocycles. The van der Waals surface area contributed by atoms with Gasteiger partial charge in [0.25, 0.3) is 0 Å². The number of amides is 1. The van der Waals surface area contributed by atoms with Crippen LogP contribution in [0.4, 0.5) is 0 Å². The van der Waals surface area contributed by atoms with E-state index in [1.165, 1.54) is 25.9 Å². The van der Waals surface area contributed by atoms with E-state index >= 15 is 0 Å². The molecule has 2 heterocycles. The minimum absolute atomic E-state index is 0.0609. The Kier molecular flexibility index (Phi) is 5.91. The molecule has 1 aromatic rings. The van der Waals surface area contributed by atoms with E-state index in [4.69, 9.17) is 9.84 Å². The van der Waals surface area contributed by atoms with E-state index in [-0.39, 0.29) is 12.3 Å². The molecule has 0 bridgehead atoms. The number of carboxylic acid groups (broad SMARTS) is 1. The highest BCUT2D eigenvalue weighted by molar-refractivity contribution is 5.86. The van der Waals surface area contributed by atoms with Gasteiger partial charge in [-0.25, -0.2) is 0 Å². The first-order valence-electron chi connectivity index (χ1n) is 9.06. The molecule has 6 heteroatoms. The molecule has 25 heavy (non-hydrogen) atoms. The quantitative estimate of drug-likeness (QED) is 0.775. The molecule has 2 saturated heterocycles. The zero-order chi connectivity index (χ0) is 17.6. The van der Waals surface area contributed by atoms with Crippen LogP contribution in [0.25, 0.3) is 0 Å². The van der Waals surface area contributed by atoms with Crippen molar-refractivity contribution in [1.29, 1.82) is 0 Å². The zero-order valence-electron chi connectivity index (χ0n) is 14.5. The zero-order valence-corrected chi connectivity index (χ0v) is 14.5. The van der Waals surface area contributed by atoms with Crippen molar-refractivity contribution in [2.45, 2.75) is 25.7 Å². The largest absolute Gasteiger partial charge is 0.492 e. The van der Waals surface area contributed by atoms with Gasteiger partial charge in [0, 0.05) is 26.1 Å². The van der Waals surface area contributed by atoms with Gasteiger partial charge < -0.3 is 14.7 Å². The van der Waals surface area contributed by atoms with Crippen LogP contribution in [-0.4, -0.2) is 66.1 Å². The van der Waals surface area contributed by atoms with Crippen molar-refractivity contribution in [2.24, 2.45) is 5.92 Å². The van der Waals surface area contributed by atoms with Crippen molar-refractivity contribution >= 4 is 11.9 Å². The molecule has 1 unspecified atom stereocenters. The molecule has 6 nitrogen and oxygen atoms in total. The fourth-order valence-electron chi connectivity index (χ4n) is 3.47. The fraction of sp³-hybridized carbons (Fsp3) is 0.579. The second-order valence-electron chi connectivity index (χ2n) is 6.87. The van der Waals surface area contributed by atoms with E-state index < -0.39 is 11.9 Å². The number of likely N-dealkylation sites (tertiary alicyclic amines) is 2. The first-order chi connectivity index (χ1) is 12.1. The van der Waals surface area contributed by atoms with Crippen molar-refractivity contribution in [3.63, 3.8) is 0 Å². The number of aliphatic carboxylic acids is 1. The summed E-state index contributed by atoms with van der Waals surface area (Å²) in [5.41, 5.74) is 1.12. The lowest BCUT2D eigenvalue weighted by molar-refractivity contribution is -0.141. The van der Waals surface area contributed by atoms with E-state index in [9.17, 15) is 9.59 Å². The van der Waals surface area contributed by atoms with Gasteiger partial charge >= 0.3 is 5.97 Å². The number of benzene rings is 1. The van der Waals surface area contributed by atoms with Crippen molar-refractivity contribution in [2.75, 3.05) is 39.3 Å². The van der Waals surface area contributed by atoms with Gasteiger partial charge in [-0.05, 0) is 50.0 Å². The lowest BCUT2D eigenvalue weighted by Crippen LogP contribution is -2.28. The summed E-state index contributed by atoms with van der Waals surface area (Å²) >= 11 is 0. The Bertz CT molecular complexity index is 596. The van der Waals surface area contributed by atoms with Gasteiger partial charge in [-0.2, -0.15) is 0 Å². The molecule has 1 N–H and O–H groups in total. The average Bonchev–Trinajstić information content (AvgIpc) is 3.24. The van der Waals surface area contributed by atoms with Crippen LogP contribution in [0.5, 0.6) is 5.75 Å². The second kappa shape index (κ2) is 8.34. The third-order valence-corrected chi connectivity index (χ3v) is 5.03. The molecule has 1 aromatic carbocycles. The molecule has 0 spiro atoms. The molecule has 1 amide bonds. The number of carboxylic acids is 1. The normalized spacial score (nSPS) is 21.0. The molecule has 3 rings (SSSR count). The SMILES string of the molecule is O=C(O)C1CC(=O)N(CCc2ccc(OCCN3CCCC3)cc2)C1. The summed E-state index contributed by atoms with van der Waals surface area (Å²) in [7, 11) is 0. The average molecular weight is 346 g/mol. The van der Waals surface area contributed by atoms with Crippen molar-refractivity contribution in [3.8, 4) is 5.75 Å². The van der Waals surface area contributed by atoms with E-state index in [1.807, 2.05) is 24.3 Å². The highest BCUT2D eigenvalue weighted by Gasteiger charge is 2.33. The Hall–Kier alpha value is -2.08. The van der Waals surface area contributed by atoms with Crippen molar-refractivity contribution in [3.05, 3.63) is 29.8 Å². The van der Waals surface area contributed by atoms with Gasteiger partial charge in [-0.15, -0.1) is 0 Å². The van der Waals surface area contributed by atoms with Gasteiger partial charge in [0.05, 0.1) is 5.92 Å². The van der Waals surface area contributed by atoms with Gasteiger partial charge in [0.15, 0.2) is 0 Å². The maximum absolute atomic E-state index is 11.8. The smallest absolute Gasteiger partial charge is 0.308 e. The summed E-state index contributed by atoms with van der Waals surface area (Å²) in [5, 5.41) is 9.01. The van der Waals surface area contributed by atoms with Crippen molar-refractivity contribution in [1.82, 2.24) is 9.80 Å². The van der Waals surface area contributed by atoms with Crippen LogP contribution >= 0.6 is 0 Å². The molecule has 2 aliphatic rings. The first-order valence-corrected chi connectivity index (χ1v) is 9.06. The fourth-order valence-corrected chi connectivity index (χ4v) is 3.47. The van der Waals surface area contributed by atoms with Gasteiger partial charge in [-0.3, -0.25) is 14.5 Å². The minimum atomic E-state index is -0.883. The summed E-state index contributed by atoms with van der Waals surface area (Å²) in [6.07, 6.45) is 3.44. The van der Waals surface area contributed by atoms with Crippen LogP contribution in [0.3, 0.4) is 0 Å². The van der Waals surface area contributed by atoms with Crippen LogP contribution in [-0.2, 0) is 16.0 Å². The Balaban J connectivity index is 1.40. The number of hydrogen-bond donors (Lipinski definition) is 1. The summed E-state index contributed by atoms with van der Waals surface area (Å²) in [6.45, 7) is 4.94. The Morgan fingerprint density at radius 2 is 1.88 bits per heavy atom. The standard InChI is InChI=1S/C19H26N2O4/c22-18-13-16(19(23)24)14-21(18)10-7-15-3-5-17(6-4-15)25-12-11-20-8-1-2-9-20/h3-6,16H,1-2,7-14H2,(H,23,24). The molecule has 136 valence electrons. The van der Waals surface area contributed by atoms with Crippen LogP contribution in [0, 0.1) is 5.92 Å². The first kappa shape index (κ1) is 17.7. The maximum Gasteiger partial charge on any atom is 0.308 e. The Morgan fingerprint density at radius 1 is 1.16 bits per heavy atom. The molecule has 1 atom stereocenters. The third kappa shape index (κ3) is 4.95. The number of nitrogens with zero attached hydrogens (tertiary/aromatic N) is 2. The summed E-state index contributed by atoms with van der Waals surface area (Å²) < 4.78 is 5.79. The highest BCUT2D eigenvalue weighted by atomic mass is 16.5. The van der Waals surface area contributed by atoms with E-state index in [1.54, 1.807) is 4.90 Å². The lowest BCUT2D eigenvalue weighted by Gasteiger charge is -2.16. The second-order valence-corrected chi connectivity index (χ2v) is 6.87. The summed E-state index contributed by atoms with van der Waals surface area (Å²) in [6, 6.07) is 7.96. The third-order valence-electron chi connectivity index (χ3n) is 5.03. The maximum atomic E-state index is 11.8. The van der Waals surface area contributed by atoms with Crippen LogP contribution in [0.1, 0.15) is 24.8 Å². The van der Waals surface area contributed by atoms with E-state index in [0.29, 0.717) is 19.7 Å². The van der Waals surface area contributed by atoms with Crippen molar-refractivity contribution < 1.29 is 19.4 Å². The molecule has 0 aromatic heterocycles. The van der Waals surface area contributed by atoms with E-state index in [2.05, 4.69) is 4.90 Å². The van der Waals surface area contributed by atoms with Gasteiger partial charge in [0.1, 0.15) is 12.4 Å². The molecule has 0 radical (unpaired) electrons. The Morgan fingerprint density at radius 3 is 2.52 bits per heavy atom. The number of ether oxygens (including phenoxy) is 1. The van der Waals surface area contributed by atoms with Gasteiger partial charge in [-0.1, -0.05) is 12.1 Å². The monoisotopic (exact) mass is 346 g/mol. The number of carbonyl (C=O) groups excluding carboxylic acids is 1. The predicted octanol–water partition coefficient (Wildman–Crippen LogP) is 1.64. The molecule has 0 aliphatic carbocycles. The summed E-state index contributed by atoms with van der Waals surface area (Å²) in [5.74, 6) is -0.634. The van der Waals surface area contributed by atoms with Crippen LogP contribution < -0.4 is 4.74 Å². The minimum Gasteiger partial charge on any atom is -0.492 e. The highest BCUT2D eigenvalue weighted by Crippen LogP contribution is 2.19. The summed E-state index contributed by atoms with van der Waals surface area (Å²) in [4.78, 5) is 26.9. The molecule has 2 fully saturated rings. The lowest BCUT2D eigenvalue weighted by atomic mass is 10.1. The molecular formula is C19H26N2O4.